The van der Waals surface area contributed by atoms with Crippen molar-refractivity contribution in [2.45, 2.75) is 6.54 Å². The van der Waals surface area contributed by atoms with Crippen molar-refractivity contribution < 1.29 is 4.39 Å². The zero-order valence-corrected chi connectivity index (χ0v) is 6.50. The van der Waals surface area contributed by atoms with Crippen molar-refractivity contribution in [1.29, 1.82) is 0 Å². The number of nitrogens with zero attached hydrogens (tertiary/aromatic N) is 1. The van der Waals surface area contributed by atoms with E-state index in [0.29, 0.717) is 6.54 Å². The fourth-order valence-electron chi connectivity index (χ4n) is 0.818. The van der Waals surface area contributed by atoms with Gasteiger partial charge in [0.05, 0.1) is 6.54 Å². The number of hydrogen-bond donors (Lipinski definition) is 2. The van der Waals surface area contributed by atoms with Crippen LogP contribution in [0.5, 0.6) is 0 Å². The van der Waals surface area contributed by atoms with E-state index >= 15 is 0 Å². The molecule has 0 unspecified atom stereocenters. The van der Waals surface area contributed by atoms with Crippen LogP contribution in [0.25, 0.3) is 0 Å². The van der Waals surface area contributed by atoms with Crippen LogP contribution in [0.3, 0.4) is 0 Å². The molecule has 12 heavy (non-hydrogen) atoms. The molecule has 0 aromatic heterocycles. The lowest BCUT2D eigenvalue weighted by molar-refractivity contribution is 0.625. The molecular formula is C8H10FN3. The van der Waals surface area contributed by atoms with Crippen molar-refractivity contribution in [2.75, 3.05) is 0 Å². The van der Waals surface area contributed by atoms with E-state index in [1.54, 1.807) is 12.1 Å². The van der Waals surface area contributed by atoms with Gasteiger partial charge in [-0.05, 0) is 17.7 Å². The summed E-state index contributed by atoms with van der Waals surface area (Å²) in [6.45, 7) is 0.320. The summed E-state index contributed by atoms with van der Waals surface area (Å²) < 4.78 is 12.6. The number of aliphatic imine (C=N–C) groups is 1. The number of guanidine groups is 1. The molecule has 0 aliphatic carbocycles. The summed E-state index contributed by atoms with van der Waals surface area (Å²) in [7, 11) is 0. The van der Waals surface area contributed by atoms with Gasteiger partial charge in [0.2, 0.25) is 0 Å². The van der Waals surface area contributed by atoms with Crippen LogP contribution in [-0.2, 0) is 6.54 Å². The second-order valence-corrected chi connectivity index (χ2v) is 2.37. The average Bonchev–Trinajstić information content (AvgIpc) is 2.01. The quantitative estimate of drug-likeness (QED) is 0.499. The van der Waals surface area contributed by atoms with Gasteiger partial charge in [-0.2, -0.15) is 0 Å². The zero-order valence-electron chi connectivity index (χ0n) is 6.50. The van der Waals surface area contributed by atoms with Crippen LogP contribution < -0.4 is 11.5 Å². The summed E-state index contributed by atoms with van der Waals surface area (Å²) in [5.74, 6) is -0.266. The largest absolute Gasteiger partial charge is 0.370 e. The Bertz CT molecular complexity index is 292. The highest BCUT2D eigenvalue weighted by atomic mass is 18.2. The van der Waals surface area contributed by atoms with Gasteiger partial charge in [-0.25, -0.2) is 9.38 Å². The van der Waals surface area contributed by atoms with Gasteiger partial charge in [0.1, 0.15) is 5.82 Å². The summed E-state index contributed by atoms with van der Waals surface area (Å²) in [5.41, 5.74) is 11.0. The van der Waals surface area contributed by atoms with Crippen molar-refractivity contribution in [3.63, 3.8) is 0 Å². The lowest BCUT2D eigenvalue weighted by atomic mass is 10.2. The molecule has 0 saturated carbocycles. The molecule has 0 atom stereocenters. The monoisotopic (exact) mass is 166 g/mol. The molecule has 4 heteroatoms. The minimum absolute atomic E-state index is 0.0132. The Morgan fingerprint density at radius 2 is 2.17 bits per heavy atom. The van der Waals surface area contributed by atoms with E-state index in [1.165, 1.54) is 12.1 Å². The third kappa shape index (κ3) is 2.57. The van der Waals surface area contributed by atoms with Crippen LogP contribution in [0.2, 0.25) is 0 Å². The van der Waals surface area contributed by atoms with E-state index in [0.717, 1.165) is 5.56 Å². The SMILES string of the molecule is NC(N)=NCc1cccc([18F])c1. The van der Waals surface area contributed by atoms with Gasteiger partial charge >= 0.3 is 0 Å². The number of halogens is 1. The maximum Gasteiger partial charge on any atom is 0.186 e. The highest BCUT2D eigenvalue weighted by Gasteiger charge is 1.92. The van der Waals surface area contributed by atoms with Crippen LogP contribution in [0.1, 0.15) is 5.56 Å². The molecule has 0 bridgehead atoms. The van der Waals surface area contributed by atoms with Crippen molar-refractivity contribution in [3.8, 4) is 0 Å². The lowest BCUT2D eigenvalue weighted by Gasteiger charge is -1.96. The summed E-state index contributed by atoms with van der Waals surface area (Å²) in [5, 5.41) is 0. The first kappa shape index (κ1) is 8.52. The van der Waals surface area contributed by atoms with E-state index in [9.17, 15) is 4.39 Å². The molecule has 64 valence electrons. The first-order chi connectivity index (χ1) is 5.68. The molecule has 0 saturated heterocycles. The number of benzene rings is 1. The number of hydrogen-bond acceptors (Lipinski definition) is 1. The van der Waals surface area contributed by atoms with E-state index < -0.39 is 0 Å². The third-order valence-corrected chi connectivity index (χ3v) is 1.33. The minimum atomic E-state index is -0.279. The third-order valence-electron chi connectivity index (χ3n) is 1.33. The first-order valence-corrected chi connectivity index (χ1v) is 3.48. The van der Waals surface area contributed by atoms with Crippen LogP contribution in [0.15, 0.2) is 29.3 Å². The van der Waals surface area contributed by atoms with Gasteiger partial charge in [0.15, 0.2) is 5.96 Å². The minimum Gasteiger partial charge on any atom is -0.370 e. The van der Waals surface area contributed by atoms with Gasteiger partial charge in [-0.15, -0.1) is 0 Å². The van der Waals surface area contributed by atoms with Gasteiger partial charge in [-0.1, -0.05) is 12.1 Å². The standard InChI is InChI=1S/C8H10FN3/c9-7-3-1-2-6(4-7)5-12-8(10)11/h1-4H,5H2,(H4,10,11,12)/i9-1. The molecular weight excluding hydrogens is 156 g/mol. The Morgan fingerprint density at radius 3 is 2.75 bits per heavy atom. The molecule has 0 amide bonds. The summed E-state index contributed by atoms with van der Waals surface area (Å²) in [6.07, 6.45) is 0. The number of rotatable bonds is 2. The molecule has 1 rings (SSSR count). The molecule has 4 N–H and O–H groups in total. The molecule has 0 spiro atoms. The molecule has 0 heterocycles. The highest BCUT2D eigenvalue weighted by Crippen LogP contribution is 2.03. The second kappa shape index (κ2) is 3.71. The lowest BCUT2D eigenvalue weighted by Crippen LogP contribution is -2.22. The predicted octanol–water partition coefficient (Wildman–Crippen LogP) is 0.599. The Kier molecular flexibility index (Phi) is 2.63. The van der Waals surface area contributed by atoms with Gasteiger partial charge < -0.3 is 11.5 Å². The summed E-state index contributed by atoms with van der Waals surface area (Å²) in [6, 6.07) is 6.15. The van der Waals surface area contributed by atoms with Gasteiger partial charge in [-0.3, -0.25) is 0 Å². The molecule has 1 aromatic carbocycles. The van der Waals surface area contributed by atoms with E-state index in [2.05, 4.69) is 4.99 Å². The van der Waals surface area contributed by atoms with Crippen molar-refractivity contribution >= 4 is 5.96 Å². The smallest absolute Gasteiger partial charge is 0.186 e. The predicted molar refractivity (Wildman–Crippen MR) is 45.9 cm³/mol. The van der Waals surface area contributed by atoms with Crippen molar-refractivity contribution in [2.24, 2.45) is 16.5 Å². The fraction of sp³-hybridized carbons (Fsp3) is 0.125. The topological polar surface area (TPSA) is 64.4 Å². The summed E-state index contributed by atoms with van der Waals surface area (Å²) in [4.78, 5) is 3.74. The van der Waals surface area contributed by atoms with Crippen LogP contribution in [0, 0.1) is 5.82 Å². The fourth-order valence-corrected chi connectivity index (χ4v) is 0.818. The second-order valence-electron chi connectivity index (χ2n) is 2.37. The van der Waals surface area contributed by atoms with Crippen LogP contribution in [-0.4, -0.2) is 5.96 Å². The molecule has 3 nitrogen and oxygen atoms in total. The molecule has 0 aliphatic rings. The maximum absolute atomic E-state index is 12.6. The maximum atomic E-state index is 12.6. The Labute approximate surface area is 69.9 Å². The molecule has 0 fully saturated rings. The van der Waals surface area contributed by atoms with Gasteiger partial charge in [0, 0.05) is 0 Å². The molecule has 0 radical (unpaired) electrons. The Morgan fingerprint density at radius 1 is 1.42 bits per heavy atom. The molecule has 1 aromatic rings. The van der Waals surface area contributed by atoms with Crippen LogP contribution >= 0.6 is 0 Å². The van der Waals surface area contributed by atoms with Crippen molar-refractivity contribution in [3.05, 3.63) is 35.6 Å². The molecule has 0 aliphatic heterocycles. The van der Waals surface area contributed by atoms with E-state index in [4.69, 9.17) is 11.5 Å². The summed E-state index contributed by atoms with van der Waals surface area (Å²) >= 11 is 0. The normalized spacial score (nSPS) is 9.42. The van der Waals surface area contributed by atoms with Crippen molar-refractivity contribution in [1.82, 2.24) is 0 Å². The Hall–Kier alpha value is -1.58. The number of nitrogens with two attached hydrogens (primary N) is 2. The zero-order chi connectivity index (χ0) is 8.97. The van der Waals surface area contributed by atoms with Gasteiger partial charge in [0.25, 0.3) is 0 Å². The van der Waals surface area contributed by atoms with Crippen LogP contribution in [0.4, 0.5) is 4.39 Å². The highest BCUT2D eigenvalue weighted by molar-refractivity contribution is 5.75. The average molecular weight is 166 g/mol. The van der Waals surface area contributed by atoms with E-state index in [1.807, 2.05) is 0 Å². The Balaban J connectivity index is 2.70. The first-order valence-electron chi connectivity index (χ1n) is 3.48. The van der Waals surface area contributed by atoms with E-state index in [-0.39, 0.29) is 11.8 Å².